The van der Waals surface area contributed by atoms with Crippen molar-refractivity contribution in [2.75, 3.05) is 18.9 Å². The Kier molecular flexibility index (Phi) is 8.09. The van der Waals surface area contributed by atoms with E-state index in [0.717, 1.165) is 22.2 Å². The van der Waals surface area contributed by atoms with Crippen molar-refractivity contribution in [2.45, 2.75) is 38.4 Å². The van der Waals surface area contributed by atoms with Crippen molar-refractivity contribution in [2.24, 2.45) is 0 Å². The minimum absolute atomic E-state index is 0.0692. The molecule has 35 heavy (non-hydrogen) atoms. The molecule has 1 aromatic carbocycles. The zero-order valence-electron chi connectivity index (χ0n) is 20.0. The molecule has 3 heterocycles. The summed E-state index contributed by atoms with van der Waals surface area (Å²) in [6, 6.07) is 5.65. The van der Waals surface area contributed by atoms with Crippen molar-refractivity contribution in [3.05, 3.63) is 63.3 Å². The molecule has 2 unspecified atom stereocenters. The number of anilines is 1. The van der Waals surface area contributed by atoms with Crippen LogP contribution in [0.15, 0.2) is 36.0 Å². The predicted octanol–water partition coefficient (Wildman–Crippen LogP) is 5.34. The minimum Gasteiger partial charge on any atom is -0.494 e. The SMILES string of the molecule is COc1cccc(OC)c1-n1c(Cc2nc(C)cs2)nnc1NSC(C)C(C)c1ncc(Cl)cn1. The van der Waals surface area contributed by atoms with E-state index in [-0.39, 0.29) is 11.2 Å². The van der Waals surface area contributed by atoms with Crippen LogP contribution >= 0.6 is 34.9 Å². The average Bonchev–Trinajstić information content (AvgIpc) is 3.47. The molecule has 4 aromatic rings. The Labute approximate surface area is 217 Å². The molecule has 0 aliphatic heterocycles. The largest absolute Gasteiger partial charge is 0.494 e. The molecule has 0 radical (unpaired) electrons. The number of hydrogen-bond donors (Lipinski definition) is 1. The molecule has 3 aromatic heterocycles. The van der Waals surface area contributed by atoms with E-state index >= 15 is 0 Å². The fourth-order valence-corrected chi connectivity index (χ4v) is 5.03. The molecule has 0 amide bonds. The second-order valence-electron chi connectivity index (χ2n) is 7.82. The van der Waals surface area contributed by atoms with Gasteiger partial charge < -0.3 is 9.47 Å². The Morgan fingerprint density at radius 1 is 1.11 bits per heavy atom. The van der Waals surface area contributed by atoms with Gasteiger partial charge in [0.2, 0.25) is 5.95 Å². The van der Waals surface area contributed by atoms with Gasteiger partial charge in [-0.15, -0.1) is 21.5 Å². The van der Waals surface area contributed by atoms with Crippen LogP contribution in [0.5, 0.6) is 11.5 Å². The van der Waals surface area contributed by atoms with Gasteiger partial charge >= 0.3 is 0 Å². The van der Waals surface area contributed by atoms with Crippen LogP contribution in [-0.4, -0.2) is 49.2 Å². The first-order valence-corrected chi connectivity index (χ1v) is 13.0. The average molecular weight is 532 g/mol. The lowest BCUT2D eigenvalue weighted by Gasteiger charge is -2.20. The van der Waals surface area contributed by atoms with Crippen molar-refractivity contribution in [3.63, 3.8) is 0 Å². The molecule has 0 bridgehead atoms. The molecule has 0 saturated heterocycles. The van der Waals surface area contributed by atoms with Gasteiger partial charge in [0, 0.05) is 34.6 Å². The van der Waals surface area contributed by atoms with Gasteiger partial charge in [-0.25, -0.2) is 15.0 Å². The number of aryl methyl sites for hydroxylation is 1. The molecule has 9 nitrogen and oxygen atoms in total. The number of nitrogens with zero attached hydrogens (tertiary/aromatic N) is 6. The summed E-state index contributed by atoms with van der Waals surface area (Å²) in [4.78, 5) is 13.3. The third kappa shape index (κ3) is 5.68. The lowest BCUT2D eigenvalue weighted by Crippen LogP contribution is -2.15. The van der Waals surface area contributed by atoms with Gasteiger partial charge in [-0.05, 0) is 31.0 Å². The van der Waals surface area contributed by atoms with Crippen molar-refractivity contribution >= 4 is 40.8 Å². The van der Waals surface area contributed by atoms with Crippen molar-refractivity contribution in [1.82, 2.24) is 29.7 Å². The maximum Gasteiger partial charge on any atom is 0.239 e. The van der Waals surface area contributed by atoms with E-state index < -0.39 is 0 Å². The van der Waals surface area contributed by atoms with Gasteiger partial charge in [-0.2, -0.15) is 0 Å². The van der Waals surface area contributed by atoms with Gasteiger partial charge in [0.15, 0.2) is 0 Å². The highest BCUT2D eigenvalue weighted by Crippen LogP contribution is 2.37. The zero-order valence-corrected chi connectivity index (χ0v) is 22.4. The Morgan fingerprint density at radius 3 is 2.40 bits per heavy atom. The summed E-state index contributed by atoms with van der Waals surface area (Å²) in [5, 5.41) is 12.6. The number of rotatable bonds is 10. The highest BCUT2D eigenvalue weighted by atomic mass is 35.5. The summed E-state index contributed by atoms with van der Waals surface area (Å²) in [6.45, 7) is 6.15. The van der Waals surface area contributed by atoms with Crippen LogP contribution < -0.4 is 14.2 Å². The van der Waals surface area contributed by atoms with Gasteiger partial charge in [-0.3, -0.25) is 9.29 Å². The van der Waals surface area contributed by atoms with E-state index in [4.69, 9.17) is 21.1 Å². The zero-order chi connectivity index (χ0) is 24.9. The van der Waals surface area contributed by atoms with Crippen LogP contribution in [0.1, 0.15) is 42.1 Å². The Morgan fingerprint density at radius 2 is 1.80 bits per heavy atom. The van der Waals surface area contributed by atoms with E-state index in [1.807, 2.05) is 35.1 Å². The fourth-order valence-electron chi connectivity index (χ4n) is 3.42. The third-order valence-corrected chi connectivity index (χ3v) is 7.66. The Balaban J connectivity index is 1.66. The van der Waals surface area contributed by atoms with Crippen LogP contribution in [0.2, 0.25) is 5.02 Å². The summed E-state index contributed by atoms with van der Waals surface area (Å²) in [5.74, 6) is 3.35. The normalized spacial score (nSPS) is 12.9. The molecular formula is C23H26ClN7O2S2. The Hall–Kier alpha value is -2.89. The van der Waals surface area contributed by atoms with Crippen LogP contribution in [-0.2, 0) is 6.42 Å². The lowest BCUT2D eigenvalue weighted by atomic mass is 10.1. The lowest BCUT2D eigenvalue weighted by molar-refractivity contribution is 0.391. The first-order chi connectivity index (χ1) is 16.9. The maximum absolute atomic E-state index is 5.94. The molecule has 2 atom stereocenters. The highest BCUT2D eigenvalue weighted by Gasteiger charge is 2.24. The maximum atomic E-state index is 5.94. The van der Waals surface area contributed by atoms with E-state index in [0.29, 0.717) is 34.7 Å². The molecule has 0 fully saturated rings. The molecule has 12 heteroatoms. The second-order valence-corrected chi connectivity index (χ2v) is 10.4. The number of ether oxygens (including phenoxy) is 2. The van der Waals surface area contributed by atoms with Crippen molar-refractivity contribution in [1.29, 1.82) is 0 Å². The van der Waals surface area contributed by atoms with E-state index in [1.54, 1.807) is 38.0 Å². The van der Waals surface area contributed by atoms with Crippen LogP contribution in [0.4, 0.5) is 5.95 Å². The number of halogens is 1. The number of hydrogen-bond acceptors (Lipinski definition) is 10. The van der Waals surface area contributed by atoms with E-state index in [9.17, 15) is 0 Å². The number of nitrogens with one attached hydrogen (secondary N) is 1. The summed E-state index contributed by atoms with van der Waals surface area (Å²) < 4.78 is 16.7. The summed E-state index contributed by atoms with van der Waals surface area (Å²) in [5.41, 5.74) is 1.70. The van der Waals surface area contributed by atoms with Gasteiger partial charge in [-0.1, -0.05) is 31.5 Å². The van der Waals surface area contributed by atoms with Crippen molar-refractivity contribution < 1.29 is 9.47 Å². The number of para-hydroxylation sites is 1. The smallest absolute Gasteiger partial charge is 0.239 e. The molecular weight excluding hydrogens is 506 g/mol. The first kappa shape index (κ1) is 25.2. The molecule has 184 valence electrons. The number of thiazole rings is 1. The highest BCUT2D eigenvalue weighted by molar-refractivity contribution is 8.01. The quantitative estimate of drug-likeness (QED) is 0.272. The standard InChI is InChI=1S/C23H26ClN7O2S2/c1-13-12-34-20(27-13)9-19-28-29-23(31(19)21-17(32-4)7-6-8-18(21)33-5)30-35-15(3)14(2)22-25-10-16(24)11-26-22/h6-8,10-12,14-15H,9H2,1-5H3,(H,29,30). The van der Waals surface area contributed by atoms with Crippen molar-refractivity contribution in [3.8, 4) is 17.2 Å². The van der Waals surface area contributed by atoms with Gasteiger partial charge in [0.1, 0.15) is 33.8 Å². The van der Waals surface area contributed by atoms with Crippen LogP contribution in [0, 0.1) is 6.92 Å². The second kappa shape index (κ2) is 11.2. The van der Waals surface area contributed by atoms with E-state index in [2.05, 4.69) is 43.7 Å². The Bertz CT molecular complexity index is 1260. The van der Waals surface area contributed by atoms with E-state index in [1.165, 1.54) is 11.9 Å². The first-order valence-electron chi connectivity index (χ1n) is 10.9. The molecule has 0 aliphatic rings. The number of benzene rings is 1. The van der Waals surface area contributed by atoms with Crippen LogP contribution in [0.3, 0.4) is 0 Å². The summed E-state index contributed by atoms with van der Waals surface area (Å²) in [7, 11) is 3.26. The van der Waals surface area contributed by atoms with Gasteiger partial charge in [0.25, 0.3) is 0 Å². The monoisotopic (exact) mass is 531 g/mol. The number of methoxy groups -OCH3 is 2. The third-order valence-electron chi connectivity index (χ3n) is 5.42. The molecule has 1 N–H and O–H groups in total. The summed E-state index contributed by atoms with van der Waals surface area (Å²) >= 11 is 9.05. The molecule has 0 spiro atoms. The fraction of sp³-hybridized carbons (Fsp3) is 0.348. The topological polar surface area (TPSA) is 99.9 Å². The molecule has 4 rings (SSSR count). The minimum atomic E-state index is 0.0692. The predicted molar refractivity (Wildman–Crippen MR) is 140 cm³/mol. The summed E-state index contributed by atoms with van der Waals surface area (Å²) in [6.07, 6.45) is 3.74. The van der Waals surface area contributed by atoms with Crippen LogP contribution in [0.25, 0.3) is 5.69 Å². The number of aromatic nitrogens is 6. The molecule has 0 aliphatic carbocycles. The van der Waals surface area contributed by atoms with Gasteiger partial charge in [0.05, 0.1) is 25.7 Å². The molecule has 0 saturated carbocycles.